The van der Waals surface area contributed by atoms with Crippen LogP contribution in [0.25, 0.3) is 54.6 Å². The number of para-hydroxylation sites is 4. The first kappa shape index (κ1) is 28.8. The number of benzene rings is 11. The molecule has 4 nitrogen and oxygen atoms in total. The van der Waals surface area contributed by atoms with Gasteiger partial charge in [0.1, 0.15) is 11.2 Å². The zero-order valence-electron chi connectivity index (χ0n) is 46.2. The molecule has 0 aliphatic carbocycles. The molecule has 0 aliphatic heterocycles. The van der Waals surface area contributed by atoms with Crippen molar-refractivity contribution in [2.24, 2.45) is 0 Å². The maximum Gasteiger partial charge on any atom is 0.136 e. The number of furan rings is 1. The molecule has 0 saturated heterocycles. The summed E-state index contributed by atoms with van der Waals surface area (Å²) in [5.74, 6) is 0. The number of fused-ring (bicyclic) bond motifs is 6. The number of anilines is 9. The zero-order chi connectivity index (χ0) is 53.4. The third-order valence-electron chi connectivity index (χ3n) is 11.7. The van der Waals surface area contributed by atoms with Crippen molar-refractivity contribution in [3.05, 3.63) is 261 Å². The summed E-state index contributed by atoms with van der Waals surface area (Å²) in [7, 11) is 0. The highest BCUT2D eigenvalue weighted by atomic mass is 16.3. The van der Waals surface area contributed by atoms with Gasteiger partial charge in [-0.3, -0.25) is 0 Å². The lowest BCUT2D eigenvalue weighted by molar-refractivity contribution is 0.669. The van der Waals surface area contributed by atoms with Crippen molar-refractivity contribution in [2.45, 2.75) is 0 Å². The van der Waals surface area contributed by atoms with E-state index in [1.165, 1.54) is 0 Å². The Morgan fingerprint density at radius 1 is 0.303 bits per heavy atom. The predicted molar refractivity (Wildman–Crippen MR) is 278 cm³/mol. The molecule has 0 unspecified atom stereocenters. The Balaban J connectivity index is 1.14. The Morgan fingerprint density at radius 3 is 1.41 bits per heavy atom. The Labute approximate surface area is 399 Å². The first-order valence-corrected chi connectivity index (χ1v) is 21.5. The van der Waals surface area contributed by atoms with E-state index in [1.807, 2.05) is 158 Å². The van der Waals surface area contributed by atoms with Gasteiger partial charge in [0.05, 0.1) is 20.8 Å². The summed E-state index contributed by atoms with van der Waals surface area (Å²) in [5, 5.41) is -0.906. The molecule has 0 N–H and O–H groups in total. The van der Waals surface area contributed by atoms with Crippen molar-refractivity contribution < 1.29 is 19.5 Å². The largest absolute Gasteiger partial charge is 0.456 e. The molecule has 4 heteroatoms. The third kappa shape index (κ3) is 7.08. The van der Waals surface area contributed by atoms with Crippen molar-refractivity contribution in [2.75, 3.05) is 14.7 Å². The summed E-state index contributed by atoms with van der Waals surface area (Å²) >= 11 is 0. The molecule has 0 spiro atoms. The smallest absolute Gasteiger partial charge is 0.136 e. The van der Waals surface area contributed by atoms with Crippen LogP contribution in [0.2, 0.25) is 0 Å². The molecule has 1 heterocycles. The minimum atomic E-state index is -0.574. The van der Waals surface area contributed by atoms with E-state index in [4.69, 9.17) is 9.90 Å². The van der Waals surface area contributed by atoms with Crippen LogP contribution in [0.3, 0.4) is 0 Å². The molecule has 0 radical (unpaired) electrons. The summed E-state index contributed by atoms with van der Waals surface area (Å²) in [6, 6.07) is 57.9. The third-order valence-corrected chi connectivity index (χ3v) is 11.7. The van der Waals surface area contributed by atoms with Crippen molar-refractivity contribution in [1.29, 1.82) is 0 Å². The Kier molecular flexibility index (Phi) is 7.27. The molecule has 12 rings (SSSR count). The van der Waals surface area contributed by atoms with E-state index in [0.29, 0.717) is 17.1 Å². The highest BCUT2D eigenvalue weighted by Crippen LogP contribution is 2.46. The van der Waals surface area contributed by atoms with Crippen LogP contribution in [0.4, 0.5) is 51.2 Å². The predicted octanol–water partition coefficient (Wildman–Crippen LogP) is 18.0. The van der Waals surface area contributed by atoms with Crippen molar-refractivity contribution >= 4 is 94.7 Å². The lowest BCUT2D eigenvalue weighted by Crippen LogP contribution is -2.14. The summed E-state index contributed by atoms with van der Waals surface area (Å²) in [4.78, 5) is 6.05. The normalized spacial score (nSPS) is 13.7. The van der Waals surface area contributed by atoms with E-state index in [0.717, 1.165) is 39.6 Å². The van der Waals surface area contributed by atoms with Crippen LogP contribution < -0.4 is 14.7 Å². The van der Waals surface area contributed by atoms with Gasteiger partial charge in [0.15, 0.2) is 0 Å². The topological polar surface area (TPSA) is 22.9 Å². The number of nitrogens with zero attached hydrogens (tertiary/aromatic N) is 3. The molecule has 312 valence electrons. The minimum Gasteiger partial charge on any atom is -0.456 e. The molecule has 66 heavy (non-hydrogen) atoms. The van der Waals surface area contributed by atoms with Crippen molar-refractivity contribution in [1.82, 2.24) is 0 Å². The maximum absolute atomic E-state index is 9.87. The molecular formula is C62H43N3O. The number of rotatable bonds is 10. The highest BCUT2D eigenvalue weighted by molar-refractivity contribution is 6.18. The van der Waals surface area contributed by atoms with Gasteiger partial charge in [-0.15, -0.1) is 0 Å². The van der Waals surface area contributed by atoms with Gasteiger partial charge in [-0.25, -0.2) is 0 Å². The number of hydrogen-bond donors (Lipinski definition) is 0. The first-order valence-electron chi connectivity index (χ1n) is 27.0. The van der Waals surface area contributed by atoms with Crippen LogP contribution in [0.5, 0.6) is 0 Å². The fraction of sp³-hybridized carbons (Fsp3) is 0. The van der Waals surface area contributed by atoms with Gasteiger partial charge in [0.25, 0.3) is 0 Å². The van der Waals surface area contributed by atoms with Crippen LogP contribution in [0.15, 0.2) is 265 Å². The van der Waals surface area contributed by atoms with Crippen molar-refractivity contribution in [3.8, 4) is 11.1 Å². The zero-order valence-corrected chi connectivity index (χ0v) is 35.2. The lowest BCUT2D eigenvalue weighted by atomic mass is 9.97. The lowest BCUT2D eigenvalue weighted by Gasteiger charge is -2.31. The van der Waals surface area contributed by atoms with Crippen LogP contribution in [-0.2, 0) is 0 Å². The molecule has 11 aromatic carbocycles. The quantitative estimate of drug-likeness (QED) is 0.128. The van der Waals surface area contributed by atoms with Crippen molar-refractivity contribution in [3.63, 3.8) is 0 Å². The summed E-state index contributed by atoms with van der Waals surface area (Å²) < 4.78 is 108. The Bertz CT molecular complexity index is 4270. The Hall–Kier alpha value is -8.86. The standard InChI is InChI=1S/C62H43N3O/c1-5-19-44(20-6-1)45-21-15-28-50(39-45)65(60-35-18-34-55-56(60)38-37-46-40-62-59(43-58(46)55)57-33-13-14-36-61(57)66-62)54-32-17-31-53(42-54)64(49-26-11-4-12-27-49)52-30-16-29-51(41-52)63(47-22-7-2-8-23-47)48-24-9-3-10-25-48/h1-43H/i13D,14D,18D,33D,34D,35D,36D,37D,38D,40D,43D. The van der Waals surface area contributed by atoms with Gasteiger partial charge >= 0.3 is 0 Å². The second-order valence-corrected chi connectivity index (χ2v) is 15.7. The second-order valence-electron chi connectivity index (χ2n) is 15.7. The van der Waals surface area contributed by atoms with E-state index < -0.39 is 66.5 Å². The average Bonchev–Trinajstić information content (AvgIpc) is 4.08. The van der Waals surface area contributed by atoms with Gasteiger partial charge in [0.2, 0.25) is 0 Å². The number of hydrogen-bond acceptors (Lipinski definition) is 4. The van der Waals surface area contributed by atoms with E-state index in [9.17, 15) is 9.60 Å². The Morgan fingerprint density at radius 2 is 0.788 bits per heavy atom. The van der Waals surface area contributed by atoms with Gasteiger partial charge in [-0.2, -0.15) is 0 Å². The van der Waals surface area contributed by atoms with Gasteiger partial charge < -0.3 is 19.1 Å². The van der Waals surface area contributed by atoms with Crippen LogP contribution in [0, 0.1) is 0 Å². The highest BCUT2D eigenvalue weighted by Gasteiger charge is 2.22. The SMILES string of the molecule is [2H]c1c([2H])c([2H])c2c(oc3c([2H])c4c([2H])c([2H])c5c(N(c6cccc(-c7ccccc7)c6)c6cccc(N(c7ccccc7)c7cccc(N(c8ccccc8)c8ccccc8)c7)c6)c([2H])c([2H])c([2H])c5c4c([2H])c32)c1[2H]. The van der Waals surface area contributed by atoms with E-state index in [2.05, 4.69) is 46.2 Å². The van der Waals surface area contributed by atoms with Crippen LogP contribution in [-0.4, -0.2) is 0 Å². The van der Waals surface area contributed by atoms with E-state index in [-0.39, 0.29) is 49.2 Å². The maximum atomic E-state index is 9.87. The average molecular weight is 857 g/mol. The molecule has 0 fully saturated rings. The van der Waals surface area contributed by atoms with Gasteiger partial charge in [-0.05, 0) is 136 Å². The monoisotopic (exact) mass is 856 g/mol. The summed E-state index contributed by atoms with van der Waals surface area (Å²) in [5.41, 5.74) is 7.30. The molecule has 0 bridgehead atoms. The van der Waals surface area contributed by atoms with E-state index in [1.54, 1.807) is 4.90 Å². The minimum absolute atomic E-state index is 0.0246. The van der Waals surface area contributed by atoms with Gasteiger partial charge in [0, 0.05) is 61.7 Å². The molecule has 0 aliphatic rings. The first-order chi connectivity index (χ1) is 37.3. The van der Waals surface area contributed by atoms with E-state index >= 15 is 0 Å². The summed E-state index contributed by atoms with van der Waals surface area (Å²) in [6.45, 7) is 0. The summed E-state index contributed by atoms with van der Waals surface area (Å²) in [6.07, 6.45) is 0. The molecule has 0 saturated carbocycles. The molecule has 0 atom stereocenters. The van der Waals surface area contributed by atoms with Crippen LogP contribution in [0.1, 0.15) is 15.1 Å². The molecule has 0 amide bonds. The molecule has 12 aromatic rings. The fourth-order valence-electron chi connectivity index (χ4n) is 8.70. The van der Waals surface area contributed by atoms with Crippen LogP contribution >= 0.6 is 0 Å². The fourth-order valence-corrected chi connectivity index (χ4v) is 8.70. The molecule has 1 aromatic heterocycles. The molecular weight excluding hydrogens is 803 g/mol. The second kappa shape index (κ2) is 16.7. The van der Waals surface area contributed by atoms with Gasteiger partial charge in [-0.1, -0.05) is 151 Å².